The van der Waals surface area contributed by atoms with E-state index in [1.54, 1.807) is 12.4 Å². The highest BCUT2D eigenvalue weighted by Gasteiger charge is 2.17. The van der Waals surface area contributed by atoms with Crippen LogP contribution < -0.4 is 5.69 Å². The quantitative estimate of drug-likeness (QED) is 0.280. The fraction of sp³-hybridized carbons (Fsp3) is 0.160. The molecule has 0 amide bonds. The maximum Gasteiger partial charge on any atom is 0.326 e. The van der Waals surface area contributed by atoms with Crippen LogP contribution in [0.4, 0.5) is 0 Å². The van der Waals surface area contributed by atoms with E-state index in [0.29, 0.717) is 12.4 Å². The smallest absolute Gasteiger partial charge is 0.305 e. The number of halogens is 1. The highest BCUT2D eigenvalue weighted by molar-refractivity contribution is 14.1. The number of imidazole rings is 1. The van der Waals surface area contributed by atoms with Crippen molar-refractivity contribution in [3.8, 4) is 33.8 Å². The summed E-state index contributed by atoms with van der Waals surface area (Å²) in [6.45, 7) is 2.63. The third-order valence-corrected chi connectivity index (χ3v) is 6.69. The predicted octanol–water partition coefficient (Wildman–Crippen LogP) is 4.69. The largest absolute Gasteiger partial charge is 0.326 e. The summed E-state index contributed by atoms with van der Waals surface area (Å²) in [7, 11) is 0. The number of benzene rings is 2. The van der Waals surface area contributed by atoms with Gasteiger partial charge in [-0.2, -0.15) is 0 Å². The summed E-state index contributed by atoms with van der Waals surface area (Å²) in [5.74, 6) is 0.590. The van der Waals surface area contributed by atoms with E-state index in [1.807, 2.05) is 47.0 Å². The van der Waals surface area contributed by atoms with Gasteiger partial charge >= 0.3 is 5.69 Å². The average Bonchev–Trinajstić information content (AvgIpc) is 3.50. The monoisotopic (exact) mass is 563 g/mol. The van der Waals surface area contributed by atoms with Crippen LogP contribution in [0, 0.1) is 3.57 Å². The molecule has 0 fully saturated rings. The Morgan fingerprint density at radius 2 is 1.82 bits per heavy atom. The predicted molar refractivity (Wildman–Crippen MR) is 139 cm³/mol. The minimum atomic E-state index is -0.0884. The van der Waals surface area contributed by atoms with Gasteiger partial charge in [0, 0.05) is 38.3 Å². The van der Waals surface area contributed by atoms with Crippen LogP contribution in [-0.2, 0) is 13.0 Å². The van der Waals surface area contributed by atoms with Crippen LogP contribution in [0.3, 0.4) is 0 Å². The third-order valence-electron chi connectivity index (χ3n) is 5.75. The number of pyridine rings is 1. The molecule has 2 aromatic carbocycles. The Balaban J connectivity index is 1.48. The van der Waals surface area contributed by atoms with E-state index in [9.17, 15) is 4.79 Å². The minimum absolute atomic E-state index is 0.0884. The van der Waals surface area contributed by atoms with Crippen molar-refractivity contribution in [3.63, 3.8) is 0 Å². The second-order valence-electron chi connectivity index (χ2n) is 7.94. The molecule has 2 N–H and O–H groups in total. The topological polar surface area (TPSA) is 105 Å². The summed E-state index contributed by atoms with van der Waals surface area (Å²) in [5, 5.41) is 14.2. The van der Waals surface area contributed by atoms with Crippen molar-refractivity contribution >= 4 is 22.6 Å². The fourth-order valence-electron chi connectivity index (χ4n) is 4.13. The first-order valence-electron chi connectivity index (χ1n) is 11.0. The van der Waals surface area contributed by atoms with E-state index in [-0.39, 0.29) is 5.69 Å². The van der Waals surface area contributed by atoms with Crippen LogP contribution in [0.25, 0.3) is 33.8 Å². The molecule has 34 heavy (non-hydrogen) atoms. The Bertz CT molecular complexity index is 1470. The first-order chi connectivity index (χ1) is 16.7. The fourth-order valence-corrected chi connectivity index (χ4v) is 4.79. The summed E-state index contributed by atoms with van der Waals surface area (Å²) in [6.07, 6.45) is 5.29. The minimum Gasteiger partial charge on any atom is -0.305 e. The van der Waals surface area contributed by atoms with Crippen molar-refractivity contribution < 1.29 is 0 Å². The van der Waals surface area contributed by atoms with E-state index in [0.717, 1.165) is 55.6 Å². The molecule has 0 bridgehead atoms. The molecule has 0 unspecified atom stereocenters. The normalized spacial score (nSPS) is 11.1. The van der Waals surface area contributed by atoms with Gasteiger partial charge in [0.05, 0.1) is 12.2 Å². The lowest BCUT2D eigenvalue weighted by Crippen LogP contribution is -2.19. The lowest BCUT2D eigenvalue weighted by Gasteiger charge is -2.11. The molecule has 8 nitrogen and oxygen atoms in total. The number of H-pyrrole nitrogens is 2. The summed E-state index contributed by atoms with van der Waals surface area (Å²) in [6, 6.07) is 18.2. The molecule has 0 spiro atoms. The second-order valence-corrected chi connectivity index (χ2v) is 9.10. The molecule has 0 radical (unpaired) electrons. The summed E-state index contributed by atoms with van der Waals surface area (Å²) in [5.41, 5.74) is 6.77. The van der Waals surface area contributed by atoms with Crippen LogP contribution in [0.2, 0.25) is 0 Å². The van der Waals surface area contributed by atoms with Gasteiger partial charge in [0.15, 0.2) is 5.82 Å². The maximum atomic E-state index is 13.0. The van der Waals surface area contributed by atoms with Gasteiger partial charge in [-0.3, -0.25) is 9.55 Å². The molecular weight excluding hydrogens is 541 g/mol. The van der Waals surface area contributed by atoms with E-state index in [1.165, 1.54) is 0 Å². The molecule has 3 heterocycles. The first kappa shape index (κ1) is 22.2. The Hall–Kier alpha value is -3.60. The molecule has 9 heteroatoms. The zero-order valence-corrected chi connectivity index (χ0v) is 20.7. The van der Waals surface area contributed by atoms with Crippen molar-refractivity contribution in [2.24, 2.45) is 0 Å². The Morgan fingerprint density at radius 3 is 2.56 bits per heavy atom. The van der Waals surface area contributed by atoms with Gasteiger partial charge in [0.1, 0.15) is 0 Å². The number of nitrogens with one attached hydrogen (secondary N) is 2. The zero-order valence-electron chi connectivity index (χ0n) is 18.5. The van der Waals surface area contributed by atoms with E-state index >= 15 is 0 Å². The Morgan fingerprint density at radius 1 is 1.00 bits per heavy atom. The van der Waals surface area contributed by atoms with Crippen molar-refractivity contribution in [3.05, 3.63) is 92.3 Å². The Labute approximate surface area is 209 Å². The molecular formula is C25H22IN7O. The lowest BCUT2D eigenvalue weighted by molar-refractivity contribution is 0.700. The zero-order chi connectivity index (χ0) is 23.5. The standard InChI is InChI=1S/C25H22IN7O/c1-2-5-22-23(19-6-3-4-7-21(19)26)28-25(34)33(22)15-16-8-10-17(11-9-16)20-14-27-13-12-18(20)24-29-31-32-30-24/h3-4,6-14H,2,5,15H2,1H3,(H,28,34)(H,29,30,31,32). The summed E-state index contributed by atoms with van der Waals surface area (Å²) >= 11 is 2.32. The molecule has 5 rings (SSSR count). The van der Waals surface area contributed by atoms with Gasteiger partial charge in [0.25, 0.3) is 0 Å². The van der Waals surface area contributed by atoms with Gasteiger partial charge in [0.2, 0.25) is 0 Å². The molecule has 0 aliphatic heterocycles. The average molecular weight is 563 g/mol. The van der Waals surface area contributed by atoms with Crippen molar-refractivity contribution in [1.82, 2.24) is 35.2 Å². The molecule has 0 aliphatic rings. The van der Waals surface area contributed by atoms with E-state index in [4.69, 9.17) is 0 Å². The van der Waals surface area contributed by atoms with Crippen LogP contribution in [0.5, 0.6) is 0 Å². The molecule has 0 saturated heterocycles. The van der Waals surface area contributed by atoms with Crippen LogP contribution in [-0.4, -0.2) is 35.2 Å². The maximum absolute atomic E-state index is 13.0. The number of aromatic nitrogens is 7. The number of nitrogens with zero attached hydrogens (tertiary/aromatic N) is 5. The molecule has 0 saturated carbocycles. The first-order valence-corrected chi connectivity index (χ1v) is 12.1. The highest BCUT2D eigenvalue weighted by Crippen LogP contribution is 2.30. The van der Waals surface area contributed by atoms with Crippen LogP contribution in [0.15, 0.2) is 71.8 Å². The Kier molecular flexibility index (Phi) is 6.35. The molecule has 0 atom stereocenters. The number of aromatic amines is 2. The van der Waals surface area contributed by atoms with Crippen molar-refractivity contribution in [1.29, 1.82) is 0 Å². The number of rotatable bonds is 7. The van der Waals surface area contributed by atoms with Gasteiger partial charge in [-0.05, 0) is 62.7 Å². The van der Waals surface area contributed by atoms with Crippen molar-refractivity contribution in [2.75, 3.05) is 0 Å². The molecule has 170 valence electrons. The lowest BCUT2D eigenvalue weighted by atomic mass is 10.0. The SMILES string of the molecule is CCCc1c(-c2ccccc2I)[nH]c(=O)n1Cc1ccc(-c2cnccc2-c2nnn[nH]2)cc1. The summed E-state index contributed by atoms with van der Waals surface area (Å²) < 4.78 is 2.97. The van der Waals surface area contributed by atoms with Crippen molar-refractivity contribution in [2.45, 2.75) is 26.3 Å². The van der Waals surface area contributed by atoms with Gasteiger partial charge in [-0.25, -0.2) is 9.89 Å². The number of hydrogen-bond donors (Lipinski definition) is 2. The number of hydrogen-bond acceptors (Lipinski definition) is 5. The van der Waals surface area contributed by atoms with Gasteiger partial charge in [-0.1, -0.05) is 55.8 Å². The highest BCUT2D eigenvalue weighted by atomic mass is 127. The van der Waals surface area contributed by atoms with E-state index < -0.39 is 0 Å². The molecule has 3 aromatic heterocycles. The van der Waals surface area contributed by atoms with Gasteiger partial charge in [-0.15, -0.1) is 5.10 Å². The van der Waals surface area contributed by atoms with Crippen LogP contribution in [0.1, 0.15) is 24.6 Å². The van der Waals surface area contributed by atoms with Crippen LogP contribution >= 0.6 is 22.6 Å². The molecule has 5 aromatic rings. The number of tetrazole rings is 1. The molecule has 0 aliphatic carbocycles. The van der Waals surface area contributed by atoms with E-state index in [2.05, 4.69) is 72.2 Å². The van der Waals surface area contributed by atoms with Gasteiger partial charge < -0.3 is 4.98 Å². The second kappa shape index (κ2) is 9.72. The summed E-state index contributed by atoms with van der Waals surface area (Å²) in [4.78, 5) is 20.3. The third kappa shape index (κ3) is 4.30.